The van der Waals surface area contributed by atoms with E-state index in [0.29, 0.717) is 0 Å². The van der Waals surface area contributed by atoms with Crippen molar-refractivity contribution in [2.75, 3.05) is 39.3 Å². The Labute approximate surface area is 140 Å². The number of nitrogens with one attached hydrogen (secondary N) is 1. The first-order chi connectivity index (χ1) is 10.4. The summed E-state index contributed by atoms with van der Waals surface area (Å²) in [5.41, 5.74) is 3.03. The van der Waals surface area contributed by atoms with Crippen LogP contribution in [-0.2, 0) is 6.54 Å². The molecule has 2 saturated heterocycles. The summed E-state index contributed by atoms with van der Waals surface area (Å²) >= 11 is 0. The summed E-state index contributed by atoms with van der Waals surface area (Å²) in [5.74, 6) is 0.877. The molecule has 0 spiro atoms. The normalized spacial score (nSPS) is 26.8. The highest BCUT2D eigenvalue weighted by atomic mass is 35.5. The molecule has 3 fully saturated rings. The summed E-state index contributed by atoms with van der Waals surface area (Å²) in [5, 5.41) is 3.48. The van der Waals surface area contributed by atoms with Crippen LogP contribution in [0.15, 0.2) is 24.3 Å². The van der Waals surface area contributed by atoms with Gasteiger partial charge in [-0.1, -0.05) is 24.3 Å². The van der Waals surface area contributed by atoms with E-state index in [1.807, 2.05) is 0 Å². The van der Waals surface area contributed by atoms with E-state index in [4.69, 9.17) is 0 Å². The highest BCUT2D eigenvalue weighted by Gasteiger charge is 2.26. The number of halogens is 1. The van der Waals surface area contributed by atoms with Crippen molar-refractivity contribution in [1.82, 2.24) is 15.1 Å². The Hall–Kier alpha value is -0.610. The number of hydrogen-bond acceptors (Lipinski definition) is 3. The Balaban J connectivity index is 0.00000144. The molecule has 1 unspecified atom stereocenters. The third-order valence-corrected chi connectivity index (χ3v) is 5.39. The maximum atomic E-state index is 3.48. The van der Waals surface area contributed by atoms with Gasteiger partial charge in [0.1, 0.15) is 0 Å². The Morgan fingerprint density at radius 3 is 2.27 bits per heavy atom. The molecule has 0 aromatic heterocycles. The lowest BCUT2D eigenvalue weighted by atomic mass is 10.1. The van der Waals surface area contributed by atoms with Gasteiger partial charge < -0.3 is 5.32 Å². The SMILES string of the molecule is Cl.c1cc(C2CC2)ccc1CN1CCN(C2CCNC2)CC1. The third-order valence-electron chi connectivity index (χ3n) is 5.39. The second kappa shape index (κ2) is 7.31. The molecule has 0 bridgehead atoms. The average molecular weight is 322 g/mol. The summed E-state index contributed by atoms with van der Waals surface area (Å²) in [4.78, 5) is 5.30. The predicted molar refractivity (Wildman–Crippen MR) is 93.8 cm³/mol. The van der Waals surface area contributed by atoms with Crippen LogP contribution in [0.2, 0.25) is 0 Å². The standard InChI is InChI=1S/C18H27N3.ClH/c1-3-16(17-5-6-17)4-2-15(1)14-20-9-11-21(12-10-20)18-7-8-19-13-18;/h1-4,17-19H,5-14H2;1H. The molecule has 2 aliphatic heterocycles. The van der Waals surface area contributed by atoms with Gasteiger partial charge in [0.05, 0.1) is 0 Å². The van der Waals surface area contributed by atoms with Crippen LogP contribution in [0.5, 0.6) is 0 Å². The van der Waals surface area contributed by atoms with Crippen LogP contribution in [0.1, 0.15) is 36.3 Å². The van der Waals surface area contributed by atoms with Gasteiger partial charge in [-0.2, -0.15) is 0 Å². The van der Waals surface area contributed by atoms with E-state index in [2.05, 4.69) is 39.4 Å². The molecule has 4 heteroatoms. The lowest BCUT2D eigenvalue weighted by Crippen LogP contribution is -2.50. The van der Waals surface area contributed by atoms with Crippen molar-refractivity contribution in [3.05, 3.63) is 35.4 Å². The lowest BCUT2D eigenvalue weighted by Gasteiger charge is -2.37. The molecular weight excluding hydrogens is 294 g/mol. The van der Waals surface area contributed by atoms with Gasteiger partial charge in [0, 0.05) is 45.3 Å². The van der Waals surface area contributed by atoms with Crippen LogP contribution in [-0.4, -0.2) is 55.1 Å². The van der Waals surface area contributed by atoms with Crippen LogP contribution in [0.4, 0.5) is 0 Å². The van der Waals surface area contributed by atoms with Gasteiger partial charge in [0.25, 0.3) is 0 Å². The Bertz CT molecular complexity index is 458. The van der Waals surface area contributed by atoms with Crippen molar-refractivity contribution >= 4 is 12.4 Å². The number of rotatable bonds is 4. The summed E-state index contributed by atoms with van der Waals surface area (Å²) in [6, 6.07) is 10.2. The summed E-state index contributed by atoms with van der Waals surface area (Å²) in [6.45, 7) is 8.46. The highest BCUT2D eigenvalue weighted by molar-refractivity contribution is 5.85. The minimum absolute atomic E-state index is 0. The summed E-state index contributed by atoms with van der Waals surface area (Å²) < 4.78 is 0. The van der Waals surface area contributed by atoms with Crippen LogP contribution in [0.3, 0.4) is 0 Å². The maximum Gasteiger partial charge on any atom is 0.0234 e. The van der Waals surface area contributed by atoms with Crippen molar-refractivity contribution in [3.63, 3.8) is 0 Å². The van der Waals surface area contributed by atoms with Gasteiger partial charge in [0.2, 0.25) is 0 Å². The molecule has 1 aliphatic carbocycles. The topological polar surface area (TPSA) is 18.5 Å². The fourth-order valence-electron chi connectivity index (χ4n) is 3.81. The van der Waals surface area contributed by atoms with Crippen LogP contribution in [0, 0.1) is 0 Å². The molecular formula is C18H28ClN3. The molecule has 1 aromatic carbocycles. The van der Waals surface area contributed by atoms with E-state index < -0.39 is 0 Å². The fraction of sp³-hybridized carbons (Fsp3) is 0.667. The van der Waals surface area contributed by atoms with Crippen molar-refractivity contribution < 1.29 is 0 Å². The molecule has 122 valence electrons. The zero-order valence-electron chi connectivity index (χ0n) is 13.3. The van der Waals surface area contributed by atoms with Gasteiger partial charge in [-0.25, -0.2) is 0 Å². The molecule has 22 heavy (non-hydrogen) atoms. The van der Waals surface area contributed by atoms with Crippen LogP contribution < -0.4 is 5.32 Å². The molecule has 0 radical (unpaired) electrons. The largest absolute Gasteiger partial charge is 0.315 e. The van der Waals surface area contributed by atoms with Gasteiger partial charge in [-0.05, 0) is 42.9 Å². The van der Waals surface area contributed by atoms with E-state index in [1.54, 1.807) is 5.56 Å². The van der Waals surface area contributed by atoms with Crippen molar-refractivity contribution in [1.29, 1.82) is 0 Å². The Morgan fingerprint density at radius 1 is 0.955 bits per heavy atom. The average Bonchev–Trinajstić information content (AvgIpc) is 3.23. The van der Waals surface area contributed by atoms with Crippen molar-refractivity contribution in [3.8, 4) is 0 Å². The van der Waals surface area contributed by atoms with E-state index in [-0.39, 0.29) is 12.4 Å². The maximum absolute atomic E-state index is 3.48. The molecule has 2 heterocycles. The quantitative estimate of drug-likeness (QED) is 0.919. The molecule has 4 rings (SSSR count). The van der Waals surface area contributed by atoms with Gasteiger partial charge in [-0.15, -0.1) is 12.4 Å². The first kappa shape index (κ1) is 16.3. The first-order valence-corrected chi connectivity index (χ1v) is 8.64. The van der Waals surface area contributed by atoms with E-state index in [1.165, 1.54) is 64.1 Å². The zero-order valence-corrected chi connectivity index (χ0v) is 14.2. The van der Waals surface area contributed by atoms with Crippen molar-refractivity contribution in [2.24, 2.45) is 0 Å². The smallest absolute Gasteiger partial charge is 0.0234 e. The highest BCUT2D eigenvalue weighted by Crippen LogP contribution is 2.39. The molecule has 1 saturated carbocycles. The zero-order chi connectivity index (χ0) is 14.1. The molecule has 3 aliphatic rings. The monoisotopic (exact) mass is 321 g/mol. The summed E-state index contributed by atoms with van der Waals surface area (Å²) in [6.07, 6.45) is 4.14. The van der Waals surface area contributed by atoms with E-state index in [9.17, 15) is 0 Å². The van der Waals surface area contributed by atoms with Gasteiger partial charge in [-0.3, -0.25) is 9.80 Å². The van der Waals surface area contributed by atoms with E-state index >= 15 is 0 Å². The fourth-order valence-corrected chi connectivity index (χ4v) is 3.81. The molecule has 1 aromatic rings. The van der Waals surface area contributed by atoms with Crippen LogP contribution in [0.25, 0.3) is 0 Å². The number of piperazine rings is 1. The second-order valence-corrected chi connectivity index (χ2v) is 6.97. The van der Waals surface area contributed by atoms with Crippen LogP contribution >= 0.6 is 12.4 Å². The number of nitrogens with zero attached hydrogens (tertiary/aromatic N) is 2. The third kappa shape index (κ3) is 3.83. The Kier molecular flexibility index (Phi) is 5.40. The minimum Gasteiger partial charge on any atom is -0.315 e. The second-order valence-electron chi connectivity index (χ2n) is 6.97. The minimum atomic E-state index is 0. The molecule has 0 amide bonds. The number of hydrogen-bond donors (Lipinski definition) is 1. The molecule has 3 nitrogen and oxygen atoms in total. The van der Waals surface area contributed by atoms with Crippen molar-refractivity contribution in [2.45, 2.75) is 37.8 Å². The molecule has 1 N–H and O–H groups in total. The van der Waals surface area contributed by atoms with E-state index in [0.717, 1.165) is 18.5 Å². The predicted octanol–water partition coefficient (Wildman–Crippen LogP) is 2.47. The van der Waals surface area contributed by atoms with Gasteiger partial charge >= 0.3 is 0 Å². The van der Waals surface area contributed by atoms with Gasteiger partial charge in [0.15, 0.2) is 0 Å². The number of benzene rings is 1. The molecule has 1 atom stereocenters. The Morgan fingerprint density at radius 2 is 1.68 bits per heavy atom. The summed E-state index contributed by atoms with van der Waals surface area (Å²) in [7, 11) is 0. The lowest BCUT2D eigenvalue weighted by molar-refractivity contribution is 0.0981. The first-order valence-electron chi connectivity index (χ1n) is 8.64.